The van der Waals surface area contributed by atoms with Crippen LogP contribution >= 0.6 is 12.2 Å². The van der Waals surface area contributed by atoms with Crippen molar-refractivity contribution in [2.75, 3.05) is 16.8 Å². The molecule has 0 aliphatic carbocycles. The maximum absolute atomic E-state index is 11.7. The van der Waals surface area contributed by atoms with Gasteiger partial charge in [-0.15, -0.1) is 0 Å². The molecule has 4 nitrogen and oxygen atoms in total. The summed E-state index contributed by atoms with van der Waals surface area (Å²) in [5.41, 5.74) is 1.90. The summed E-state index contributed by atoms with van der Waals surface area (Å²) < 4.78 is 0. The van der Waals surface area contributed by atoms with E-state index in [1.165, 1.54) is 0 Å². The lowest BCUT2D eigenvalue weighted by Crippen LogP contribution is -2.35. The molecule has 21 heavy (non-hydrogen) atoms. The molecule has 114 valence electrons. The minimum Gasteiger partial charge on any atom is -0.360 e. The van der Waals surface area contributed by atoms with Crippen LogP contribution in [0.1, 0.15) is 39.5 Å². The van der Waals surface area contributed by atoms with Crippen LogP contribution in [0, 0.1) is 0 Å². The highest BCUT2D eigenvalue weighted by atomic mass is 32.1. The van der Waals surface area contributed by atoms with Crippen LogP contribution in [-0.2, 0) is 4.79 Å². The molecule has 0 aromatic heterocycles. The molecule has 0 spiro atoms. The fraction of sp³-hybridized carbons (Fsp3) is 0.500. The van der Waals surface area contributed by atoms with Gasteiger partial charge in [0.1, 0.15) is 0 Å². The molecule has 1 aliphatic rings. The van der Waals surface area contributed by atoms with Gasteiger partial charge < -0.3 is 15.5 Å². The van der Waals surface area contributed by atoms with Gasteiger partial charge >= 0.3 is 0 Å². The largest absolute Gasteiger partial charge is 0.360 e. The van der Waals surface area contributed by atoms with Crippen LogP contribution in [-0.4, -0.2) is 23.6 Å². The third-order valence-electron chi connectivity index (χ3n) is 3.61. The van der Waals surface area contributed by atoms with Crippen molar-refractivity contribution >= 4 is 34.6 Å². The molecule has 2 rings (SSSR count). The summed E-state index contributed by atoms with van der Waals surface area (Å²) in [4.78, 5) is 13.5. The number of benzene rings is 1. The lowest BCUT2D eigenvalue weighted by atomic mass is 10.2. The molecule has 5 heteroatoms. The van der Waals surface area contributed by atoms with Gasteiger partial charge in [-0.05, 0) is 56.2 Å². The first-order chi connectivity index (χ1) is 10.1. The molecule has 0 bridgehead atoms. The summed E-state index contributed by atoms with van der Waals surface area (Å²) >= 11 is 5.30. The molecule has 1 aliphatic heterocycles. The second-order valence-corrected chi connectivity index (χ2v) is 5.89. The monoisotopic (exact) mass is 305 g/mol. The quantitative estimate of drug-likeness (QED) is 0.819. The average molecular weight is 305 g/mol. The summed E-state index contributed by atoms with van der Waals surface area (Å²) in [6, 6.07) is 8.21. The molecular formula is C16H23N3OS. The maximum Gasteiger partial charge on any atom is 0.227 e. The van der Waals surface area contributed by atoms with Crippen LogP contribution in [0.15, 0.2) is 24.3 Å². The number of amides is 1. The van der Waals surface area contributed by atoms with Crippen LogP contribution < -0.4 is 15.5 Å². The molecule has 1 heterocycles. The number of nitrogens with one attached hydrogen (secondary N) is 2. The molecule has 1 aromatic rings. The third-order valence-corrected chi connectivity index (χ3v) is 3.83. The Hall–Kier alpha value is -1.62. The molecule has 1 amide bonds. The van der Waals surface area contributed by atoms with E-state index in [1.54, 1.807) is 0 Å². The zero-order valence-corrected chi connectivity index (χ0v) is 13.5. The second kappa shape index (κ2) is 7.41. The Morgan fingerprint density at radius 2 is 2.10 bits per heavy atom. The van der Waals surface area contributed by atoms with Gasteiger partial charge in [-0.1, -0.05) is 13.3 Å². The highest BCUT2D eigenvalue weighted by molar-refractivity contribution is 7.80. The summed E-state index contributed by atoms with van der Waals surface area (Å²) in [6.45, 7) is 5.10. The fourth-order valence-corrected chi connectivity index (χ4v) is 2.86. The van der Waals surface area contributed by atoms with Crippen molar-refractivity contribution in [2.24, 2.45) is 0 Å². The van der Waals surface area contributed by atoms with Crippen molar-refractivity contribution in [3.63, 3.8) is 0 Å². The van der Waals surface area contributed by atoms with Crippen molar-refractivity contribution in [1.82, 2.24) is 5.32 Å². The summed E-state index contributed by atoms with van der Waals surface area (Å²) in [6.07, 6.45) is 3.83. The average Bonchev–Trinajstić information content (AvgIpc) is 2.86. The smallest absolute Gasteiger partial charge is 0.227 e. The van der Waals surface area contributed by atoms with Gasteiger partial charge in [0.15, 0.2) is 5.11 Å². The van der Waals surface area contributed by atoms with E-state index in [4.69, 9.17) is 12.2 Å². The van der Waals surface area contributed by atoms with E-state index >= 15 is 0 Å². The minimum absolute atomic E-state index is 0.210. The molecule has 0 radical (unpaired) electrons. The Balaban J connectivity index is 1.90. The number of carbonyl (C=O) groups excluding carboxylic acids is 1. The number of thiocarbonyl (C=S) groups is 1. The first kappa shape index (κ1) is 15.8. The van der Waals surface area contributed by atoms with Gasteiger partial charge in [0, 0.05) is 30.4 Å². The van der Waals surface area contributed by atoms with Crippen LogP contribution in [0.3, 0.4) is 0 Å². The Labute approximate surface area is 131 Å². The van der Waals surface area contributed by atoms with Crippen molar-refractivity contribution in [2.45, 2.75) is 45.6 Å². The molecule has 2 N–H and O–H groups in total. The van der Waals surface area contributed by atoms with Gasteiger partial charge in [0.25, 0.3) is 0 Å². The SMILES string of the molecule is CCC[C@@H](C)NC(=S)Nc1ccc(N2CCCC2=O)cc1. The fourth-order valence-electron chi connectivity index (χ4n) is 2.54. The van der Waals surface area contributed by atoms with E-state index in [9.17, 15) is 4.79 Å². The van der Waals surface area contributed by atoms with Crippen LogP contribution in [0.25, 0.3) is 0 Å². The van der Waals surface area contributed by atoms with E-state index in [2.05, 4.69) is 24.5 Å². The number of carbonyl (C=O) groups is 1. The number of hydrogen-bond acceptors (Lipinski definition) is 2. The van der Waals surface area contributed by atoms with Gasteiger partial charge in [-0.3, -0.25) is 4.79 Å². The normalized spacial score (nSPS) is 15.9. The van der Waals surface area contributed by atoms with E-state index in [0.717, 1.165) is 37.2 Å². The summed E-state index contributed by atoms with van der Waals surface area (Å²) in [5.74, 6) is 0.210. The minimum atomic E-state index is 0.210. The number of nitrogens with zero attached hydrogens (tertiary/aromatic N) is 1. The molecule has 1 saturated heterocycles. The predicted molar refractivity (Wildman–Crippen MR) is 91.8 cm³/mol. The van der Waals surface area contributed by atoms with Crippen molar-refractivity contribution < 1.29 is 4.79 Å². The Kier molecular flexibility index (Phi) is 5.56. The summed E-state index contributed by atoms with van der Waals surface area (Å²) in [5, 5.41) is 7.08. The van der Waals surface area contributed by atoms with E-state index in [1.807, 2.05) is 29.2 Å². The first-order valence-electron chi connectivity index (χ1n) is 7.58. The standard InChI is InChI=1S/C16H23N3OS/c1-3-5-12(2)17-16(21)18-13-7-9-14(10-8-13)19-11-4-6-15(19)20/h7-10,12H,3-6,11H2,1-2H3,(H2,17,18,21)/t12-/m1/s1. The molecular weight excluding hydrogens is 282 g/mol. The van der Waals surface area contributed by atoms with E-state index < -0.39 is 0 Å². The molecule has 0 unspecified atom stereocenters. The van der Waals surface area contributed by atoms with E-state index in [-0.39, 0.29) is 5.91 Å². The highest BCUT2D eigenvalue weighted by Gasteiger charge is 2.21. The maximum atomic E-state index is 11.7. The highest BCUT2D eigenvalue weighted by Crippen LogP contribution is 2.22. The van der Waals surface area contributed by atoms with Gasteiger partial charge in [0.2, 0.25) is 5.91 Å². The zero-order chi connectivity index (χ0) is 15.2. The van der Waals surface area contributed by atoms with Crippen LogP contribution in [0.4, 0.5) is 11.4 Å². The number of anilines is 2. The van der Waals surface area contributed by atoms with Gasteiger partial charge in [-0.2, -0.15) is 0 Å². The Morgan fingerprint density at radius 1 is 1.38 bits per heavy atom. The van der Waals surface area contributed by atoms with Gasteiger partial charge in [0.05, 0.1) is 0 Å². The van der Waals surface area contributed by atoms with Crippen LogP contribution in [0.2, 0.25) is 0 Å². The summed E-state index contributed by atoms with van der Waals surface area (Å²) in [7, 11) is 0. The molecule has 1 aromatic carbocycles. The second-order valence-electron chi connectivity index (χ2n) is 5.48. The van der Waals surface area contributed by atoms with Gasteiger partial charge in [-0.25, -0.2) is 0 Å². The van der Waals surface area contributed by atoms with Crippen molar-refractivity contribution in [3.05, 3.63) is 24.3 Å². The zero-order valence-electron chi connectivity index (χ0n) is 12.7. The Bertz CT molecular complexity index is 501. The topological polar surface area (TPSA) is 44.4 Å². The van der Waals surface area contributed by atoms with Crippen molar-refractivity contribution in [3.8, 4) is 0 Å². The van der Waals surface area contributed by atoms with Crippen LogP contribution in [0.5, 0.6) is 0 Å². The van der Waals surface area contributed by atoms with Crippen molar-refractivity contribution in [1.29, 1.82) is 0 Å². The lowest BCUT2D eigenvalue weighted by molar-refractivity contribution is -0.117. The lowest BCUT2D eigenvalue weighted by Gasteiger charge is -2.18. The Morgan fingerprint density at radius 3 is 2.67 bits per heavy atom. The molecule has 1 atom stereocenters. The van der Waals surface area contributed by atoms with E-state index in [0.29, 0.717) is 17.6 Å². The molecule has 0 saturated carbocycles. The third kappa shape index (κ3) is 4.43. The number of hydrogen-bond donors (Lipinski definition) is 2. The predicted octanol–water partition coefficient (Wildman–Crippen LogP) is 3.29. The first-order valence-corrected chi connectivity index (χ1v) is 7.99. The number of rotatable bonds is 5. The molecule has 1 fully saturated rings.